The molecule has 0 spiro atoms. The summed E-state index contributed by atoms with van der Waals surface area (Å²) >= 11 is 2.15. The molecule has 27 heavy (non-hydrogen) atoms. The number of nitrogens with one attached hydrogen (secondary N) is 3. The van der Waals surface area contributed by atoms with Gasteiger partial charge in [-0.05, 0) is 71.5 Å². The third-order valence-corrected chi connectivity index (χ3v) is 4.61. The summed E-state index contributed by atoms with van der Waals surface area (Å²) in [6.07, 6.45) is 1.74. The molecule has 3 aromatic rings. The molecule has 2 aromatic heterocycles. The SMILES string of the molecule is Cc1ccnc(Nc2ccc(NCCNC(=O)c3ccccc3I)nn2)c1. The molecule has 0 radical (unpaired) electrons. The summed E-state index contributed by atoms with van der Waals surface area (Å²) in [6, 6.07) is 15.0. The molecule has 0 atom stereocenters. The molecular weight excluding hydrogens is 455 g/mol. The van der Waals surface area contributed by atoms with E-state index in [0.717, 1.165) is 15.0 Å². The Balaban J connectivity index is 1.45. The molecule has 0 aliphatic heterocycles. The number of benzene rings is 1. The van der Waals surface area contributed by atoms with E-state index in [0.29, 0.717) is 30.3 Å². The zero-order chi connectivity index (χ0) is 19.1. The quantitative estimate of drug-likeness (QED) is 0.360. The van der Waals surface area contributed by atoms with Gasteiger partial charge in [0, 0.05) is 22.9 Å². The van der Waals surface area contributed by atoms with Gasteiger partial charge in [-0.25, -0.2) is 4.98 Å². The number of aryl methyl sites for hydroxylation is 1. The Hall–Kier alpha value is -2.75. The molecule has 138 valence electrons. The lowest BCUT2D eigenvalue weighted by molar-refractivity contribution is 0.0954. The highest BCUT2D eigenvalue weighted by molar-refractivity contribution is 14.1. The zero-order valence-corrected chi connectivity index (χ0v) is 16.9. The molecule has 0 unspecified atom stereocenters. The molecule has 0 bridgehead atoms. The van der Waals surface area contributed by atoms with Gasteiger partial charge in [-0.2, -0.15) is 0 Å². The van der Waals surface area contributed by atoms with Crippen molar-refractivity contribution < 1.29 is 4.79 Å². The smallest absolute Gasteiger partial charge is 0.252 e. The van der Waals surface area contributed by atoms with E-state index >= 15 is 0 Å². The van der Waals surface area contributed by atoms with Gasteiger partial charge in [0.1, 0.15) is 11.6 Å². The van der Waals surface area contributed by atoms with Crippen molar-refractivity contribution in [2.45, 2.75) is 6.92 Å². The van der Waals surface area contributed by atoms with Crippen LogP contribution < -0.4 is 16.0 Å². The van der Waals surface area contributed by atoms with Gasteiger partial charge in [0.15, 0.2) is 5.82 Å². The molecule has 0 aliphatic rings. The lowest BCUT2D eigenvalue weighted by Gasteiger charge is -2.09. The van der Waals surface area contributed by atoms with Crippen molar-refractivity contribution >= 4 is 46.0 Å². The second-order valence-electron chi connectivity index (χ2n) is 5.81. The summed E-state index contributed by atoms with van der Waals surface area (Å²) < 4.78 is 0.928. The third-order valence-electron chi connectivity index (χ3n) is 3.67. The second-order valence-corrected chi connectivity index (χ2v) is 6.97. The number of halogens is 1. The molecule has 3 rings (SSSR count). The first-order chi connectivity index (χ1) is 13.1. The maximum Gasteiger partial charge on any atom is 0.252 e. The average molecular weight is 474 g/mol. The fraction of sp³-hybridized carbons (Fsp3) is 0.158. The standard InChI is InChI=1S/C19H19IN6O/c1-13-8-9-21-18(12-13)24-17-7-6-16(25-26-17)22-10-11-23-19(27)14-4-2-3-5-15(14)20/h2-9,12H,10-11H2,1H3,(H,22,25)(H,23,27)(H,21,24,26). The molecule has 0 aliphatic carbocycles. The van der Waals surface area contributed by atoms with Crippen LogP contribution in [0.3, 0.4) is 0 Å². The number of hydrogen-bond donors (Lipinski definition) is 3. The van der Waals surface area contributed by atoms with E-state index in [-0.39, 0.29) is 5.91 Å². The number of amides is 1. The summed E-state index contributed by atoms with van der Waals surface area (Å²) in [7, 11) is 0. The summed E-state index contributed by atoms with van der Waals surface area (Å²) in [5.74, 6) is 1.90. The molecule has 2 heterocycles. The van der Waals surface area contributed by atoms with Crippen LogP contribution in [0.2, 0.25) is 0 Å². The summed E-state index contributed by atoms with van der Waals surface area (Å²) in [6.45, 7) is 3.04. The second kappa shape index (κ2) is 9.26. The normalized spacial score (nSPS) is 10.3. The largest absolute Gasteiger partial charge is 0.367 e. The Labute approximate surface area is 171 Å². The highest BCUT2D eigenvalue weighted by atomic mass is 127. The van der Waals surface area contributed by atoms with Crippen LogP contribution in [-0.4, -0.2) is 34.2 Å². The van der Waals surface area contributed by atoms with Crippen LogP contribution in [-0.2, 0) is 0 Å². The molecule has 0 fully saturated rings. The van der Waals surface area contributed by atoms with Crippen molar-refractivity contribution in [2.75, 3.05) is 23.7 Å². The highest BCUT2D eigenvalue weighted by Gasteiger charge is 2.08. The molecule has 3 N–H and O–H groups in total. The molecule has 1 aromatic carbocycles. The average Bonchev–Trinajstić information content (AvgIpc) is 2.67. The first-order valence-corrected chi connectivity index (χ1v) is 9.50. The van der Waals surface area contributed by atoms with E-state index in [9.17, 15) is 4.79 Å². The summed E-state index contributed by atoms with van der Waals surface area (Å²) in [5, 5.41) is 17.4. The molecule has 0 saturated carbocycles. The Morgan fingerprint density at radius 3 is 2.52 bits per heavy atom. The first-order valence-electron chi connectivity index (χ1n) is 8.42. The Bertz CT molecular complexity index is 916. The Morgan fingerprint density at radius 2 is 1.78 bits per heavy atom. The molecule has 8 heteroatoms. The number of rotatable bonds is 7. The summed E-state index contributed by atoms with van der Waals surface area (Å²) in [5.41, 5.74) is 1.80. The number of pyridine rings is 1. The maximum atomic E-state index is 12.1. The molecule has 1 amide bonds. The van der Waals surface area contributed by atoms with Gasteiger partial charge in [0.2, 0.25) is 0 Å². The fourth-order valence-electron chi connectivity index (χ4n) is 2.34. The fourth-order valence-corrected chi connectivity index (χ4v) is 2.97. The highest BCUT2D eigenvalue weighted by Crippen LogP contribution is 2.13. The van der Waals surface area contributed by atoms with E-state index < -0.39 is 0 Å². The van der Waals surface area contributed by atoms with Crippen LogP contribution in [0, 0.1) is 10.5 Å². The van der Waals surface area contributed by atoms with Gasteiger partial charge in [-0.15, -0.1) is 10.2 Å². The number of nitrogens with zero attached hydrogens (tertiary/aromatic N) is 3. The van der Waals surface area contributed by atoms with Gasteiger partial charge >= 0.3 is 0 Å². The minimum atomic E-state index is -0.0851. The van der Waals surface area contributed by atoms with Gasteiger partial charge in [-0.1, -0.05) is 12.1 Å². The Morgan fingerprint density at radius 1 is 1.00 bits per heavy atom. The third kappa shape index (κ3) is 5.61. The Kier molecular flexibility index (Phi) is 6.53. The van der Waals surface area contributed by atoms with Gasteiger partial charge < -0.3 is 16.0 Å². The topological polar surface area (TPSA) is 91.8 Å². The number of carbonyl (C=O) groups excluding carboxylic acids is 1. The van der Waals surface area contributed by atoms with Crippen LogP contribution in [0.25, 0.3) is 0 Å². The lowest BCUT2D eigenvalue weighted by Crippen LogP contribution is -2.29. The first kappa shape index (κ1) is 19.0. The van der Waals surface area contributed by atoms with Crippen LogP contribution in [0.4, 0.5) is 17.5 Å². The van der Waals surface area contributed by atoms with Crippen molar-refractivity contribution in [1.29, 1.82) is 0 Å². The van der Waals surface area contributed by atoms with Crippen LogP contribution in [0.1, 0.15) is 15.9 Å². The van der Waals surface area contributed by atoms with Crippen molar-refractivity contribution in [3.05, 3.63) is 69.4 Å². The number of aromatic nitrogens is 3. The van der Waals surface area contributed by atoms with Crippen molar-refractivity contribution in [2.24, 2.45) is 0 Å². The summed E-state index contributed by atoms with van der Waals surface area (Å²) in [4.78, 5) is 16.4. The monoisotopic (exact) mass is 474 g/mol. The van der Waals surface area contributed by atoms with Crippen molar-refractivity contribution in [1.82, 2.24) is 20.5 Å². The van der Waals surface area contributed by atoms with Gasteiger partial charge in [0.05, 0.1) is 5.56 Å². The predicted octanol–water partition coefficient (Wildman–Crippen LogP) is 3.37. The minimum Gasteiger partial charge on any atom is -0.367 e. The van der Waals surface area contributed by atoms with E-state index in [1.807, 2.05) is 55.5 Å². The van der Waals surface area contributed by atoms with Crippen LogP contribution in [0.5, 0.6) is 0 Å². The number of anilines is 3. The van der Waals surface area contributed by atoms with E-state index in [4.69, 9.17) is 0 Å². The number of carbonyl (C=O) groups is 1. The number of hydrogen-bond acceptors (Lipinski definition) is 6. The minimum absolute atomic E-state index is 0.0851. The van der Waals surface area contributed by atoms with Gasteiger partial charge in [-0.3, -0.25) is 4.79 Å². The van der Waals surface area contributed by atoms with Crippen LogP contribution >= 0.6 is 22.6 Å². The molecule has 7 nitrogen and oxygen atoms in total. The van der Waals surface area contributed by atoms with Gasteiger partial charge in [0.25, 0.3) is 5.91 Å². The van der Waals surface area contributed by atoms with E-state index in [1.54, 1.807) is 6.20 Å². The van der Waals surface area contributed by atoms with Crippen molar-refractivity contribution in [3.8, 4) is 0 Å². The van der Waals surface area contributed by atoms with Crippen LogP contribution in [0.15, 0.2) is 54.7 Å². The lowest BCUT2D eigenvalue weighted by atomic mass is 10.2. The van der Waals surface area contributed by atoms with E-state index in [2.05, 4.69) is 53.7 Å². The zero-order valence-electron chi connectivity index (χ0n) is 14.7. The van der Waals surface area contributed by atoms with E-state index in [1.165, 1.54) is 0 Å². The molecular formula is C19H19IN6O. The van der Waals surface area contributed by atoms with Crippen molar-refractivity contribution in [3.63, 3.8) is 0 Å². The maximum absolute atomic E-state index is 12.1. The molecule has 0 saturated heterocycles. The predicted molar refractivity (Wildman–Crippen MR) is 114 cm³/mol.